The van der Waals surface area contributed by atoms with Crippen LogP contribution in [0.4, 0.5) is 0 Å². The fraction of sp³-hybridized carbons (Fsp3) is 0.421. The Morgan fingerprint density at radius 1 is 1.34 bits per heavy atom. The van der Waals surface area contributed by atoms with Crippen LogP contribution in [0.15, 0.2) is 40.1 Å². The minimum Gasteiger partial charge on any atom is -0.404 e. The van der Waals surface area contributed by atoms with Crippen LogP contribution in [-0.2, 0) is 18.3 Å². The molecule has 11 nitrogen and oxygen atoms in total. The number of aromatic nitrogens is 2. The van der Waals surface area contributed by atoms with Gasteiger partial charge in [-0.25, -0.2) is 9.36 Å². The third-order valence-electron chi connectivity index (χ3n) is 4.55. The molecule has 1 saturated heterocycles. The zero-order chi connectivity index (χ0) is 23.3. The highest BCUT2D eigenvalue weighted by atomic mass is 35.5. The van der Waals surface area contributed by atoms with Crippen LogP contribution in [0.1, 0.15) is 24.6 Å². The third kappa shape index (κ3) is 6.07. The average molecular weight is 486 g/mol. The number of aromatic amines is 1. The maximum atomic E-state index is 13.1. The smallest absolute Gasteiger partial charge is 0.404 e. The number of halogens is 1. The summed E-state index contributed by atoms with van der Waals surface area (Å²) in [4.78, 5) is 25.8. The number of ether oxygens (including phenoxy) is 1. The first-order valence-corrected chi connectivity index (χ1v) is 11.4. The van der Waals surface area contributed by atoms with Crippen LogP contribution < -0.4 is 15.8 Å². The van der Waals surface area contributed by atoms with Crippen LogP contribution in [-0.4, -0.2) is 40.1 Å². The molecule has 0 aliphatic carbocycles. The van der Waals surface area contributed by atoms with Gasteiger partial charge in [-0.15, -0.1) is 0 Å². The van der Waals surface area contributed by atoms with Crippen LogP contribution in [0.5, 0.6) is 5.75 Å². The van der Waals surface area contributed by atoms with Crippen molar-refractivity contribution >= 4 is 19.4 Å². The predicted octanol–water partition coefficient (Wildman–Crippen LogP) is 2.28. The second-order valence-electron chi connectivity index (χ2n) is 6.94. The van der Waals surface area contributed by atoms with E-state index in [0.717, 1.165) is 4.57 Å². The van der Waals surface area contributed by atoms with E-state index in [0.29, 0.717) is 10.6 Å². The third-order valence-corrected chi connectivity index (χ3v) is 6.20. The van der Waals surface area contributed by atoms with Crippen molar-refractivity contribution in [2.45, 2.75) is 38.2 Å². The SMILES string of the molecule is Cc1cn([C@@H]2C[C@H](O)[C@H](CO[P@](=O)(OCCC#N)Oc3ccc(Cl)cc3)O2)c(=O)[nH]c1=O. The Morgan fingerprint density at radius 3 is 2.75 bits per heavy atom. The Labute approximate surface area is 187 Å². The van der Waals surface area contributed by atoms with Crippen LogP contribution in [0.2, 0.25) is 5.02 Å². The molecule has 2 heterocycles. The second kappa shape index (κ2) is 10.4. The molecule has 1 aromatic heterocycles. The van der Waals surface area contributed by atoms with Gasteiger partial charge in [-0.3, -0.25) is 23.4 Å². The number of aliphatic hydroxyl groups is 1. The van der Waals surface area contributed by atoms with Crippen molar-refractivity contribution in [3.8, 4) is 11.8 Å². The van der Waals surface area contributed by atoms with Gasteiger partial charge in [0.1, 0.15) is 18.1 Å². The normalized spacial score (nSPS) is 22.2. The van der Waals surface area contributed by atoms with Crippen molar-refractivity contribution in [3.63, 3.8) is 0 Å². The Morgan fingerprint density at radius 2 is 2.06 bits per heavy atom. The fourth-order valence-electron chi connectivity index (χ4n) is 2.92. The molecule has 0 radical (unpaired) electrons. The van der Waals surface area contributed by atoms with Gasteiger partial charge in [0.05, 0.1) is 31.8 Å². The highest BCUT2D eigenvalue weighted by molar-refractivity contribution is 7.48. The monoisotopic (exact) mass is 485 g/mol. The van der Waals surface area contributed by atoms with Crippen LogP contribution in [0.3, 0.4) is 0 Å². The van der Waals surface area contributed by atoms with E-state index in [1.54, 1.807) is 0 Å². The molecule has 172 valence electrons. The molecule has 32 heavy (non-hydrogen) atoms. The van der Waals surface area contributed by atoms with Crippen molar-refractivity contribution in [3.05, 3.63) is 61.9 Å². The van der Waals surface area contributed by atoms with Crippen molar-refractivity contribution in [1.82, 2.24) is 9.55 Å². The van der Waals surface area contributed by atoms with Gasteiger partial charge in [-0.05, 0) is 31.2 Å². The molecular weight excluding hydrogens is 465 g/mol. The Kier molecular flexibility index (Phi) is 7.90. The molecule has 1 fully saturated rings. The number of aryl methyl sites for hydroxylation is 1. The minimum absolute atomic E-state index is 0.0387. The number of nitrogens with one attached hydrogen (secondary N) is 1. The van der Waals surface area contributed by atoms with E-state index in [9.17, 15) is 19.3 Å². The molecule has 0 amide bonds. The molecule has 0 bridgehead atoms. The molecular formula is C19H21ClN3O8P. The zero-order valence-electron chi connectivity index (χ0n) is 17.0. The van der Waals surface area contributed by atoms with E-state index >= 15 is 0 Å². The summed E-state index contributed by atoms with van der Waals surface area (Å²) >= 11 is 5.83. The first-order chi connectivity index (χ1) is 15.2. The van der Waals surface area contributed by atoms with Crippen LogP contribution >= 0.6 is 19.4 Å². The Hall–Kier alpha value is -2.45. The first-order valence-electron chi connectivity index (χ1n) is 9.57. The van der Waals surface area contributed by atoms with E-state index in [1.807, 2.05) is 6.07 Å². The maximum absolute atomic E-state index is 13.1. The quantitative estimate of drug-likeness (QED) is 0.402. The molecule has 2 aromatic rings. The molecule has 2 N–H and O–H groups in total. The van der Waals surface area contributed by atoms with Gasteiger partial charge < -0.3 is 14.4 Å². The standard InChI is InChI=1S/C19H21ClN3O8P/c1-12-10-23(19(26)22-18(12)25)17-9-15(24)16(30-17)11-29-32(27,28-8-2-7-21)31-14-5-3-13(20)4-6-14/h3-6,10,15-17,24H,2,8-9,11H2,1H3,(H,22,25,26)/t15-,16-,17-,32-/m0/s1. The van der Waals surface area contributed by atoms with Gasteiger partial charge in [-0.2, -0.15) is 5.26 Å². The molecule has 13 heteroatoms. The number of nitrogens with zero attached hydrogens (tertiary/aromatic N) is 2. The fourth-order valence-corrected chi connectivity index (χ4v) is 4.25. The largest absolute Gasteiger partial charge is 0.530 e. The summed E-state index contributed by atoms with van der Waals surface area (Å²) < 4.78 is 35.8. The molecule has 3 rings (SSSR count). The number of hydrogen-bond donors (Lipinski definition) is 2. The molecule has 1 aliphatic rings. The van der Waals surface area contributed by atoms with Gasteiger partial charge in [-0.1, -0.05) is 11.6 Å². The molecule has 0 unspecified atom stereocenters. The highest BCUT2D eigenvalue weighted by Gasteiger charge is 2.39. The zero-order valence-corrected chi connectivity index (χ0v) is 18.6. The van der Waals surface area contributed by atoms with E-state index in [1.165, 1.54) is 37.4 Å². The number of hydrogen-bond acceptors (Lipinski definition) is 9. The van der Waals surface area contributed by atoms with E-state index in [-0.39, 0.29) is 31.8 Å². The minimum atomic E-state index is -4.18. The van der Waals surface area contributed by atoms with E-state index < -0.39 is 37.5 Å². The van der Waals surface area contributed by atoms with Gasteiger partial charge in [0.2, 0.25) is 0 Å². The van der Waals surface area contributed by atoms with Crippen LogP contribution in [0.25, 0.3) is 0 Å². The lowest BCUT2D eigenvalue weighted by Crippen LogP contribution is -2.33. The molecule has 0 saturated carbocycles. The van der Waals surface area contributed by atoms with Crippen molar-refractivity contribution in [2.75, 3.05) is 13.2 Å². The number of rotatable bonds is 9. The highest BCUT2D eigenvalue weighted by Crippen LogP contribution is 2.50. The summed E-state index contributed by atoms with van der Waals surface area (Å²) in [6.45, 7) is 0.944. The summed E-state index contributed by atoms with van der Waals surface area (Å²) in [6, 6.07) is 7.83. The lowest BCUT2D eigenvalue weighted by Gasteiger charge is -2.21. The topological polar surface area (TPSA) is 153 Å². The summed E-state index contributed by atoms with van der Waals surface area (Å²) in [5, 5.41) is 19.5. The Bertz CT molecular complexity index is 1140. The lowest BCUT2D eigenvalue weighted by atomic mass is 10.2. The number of phosphoric acid groups is 1. The molecule has 1 aromatic carbocycles. The summed E-state index contributed by atoms with van der Waals surface area (Å²) in [6.07, 6.45) is -1.55. The summed E-state index contributed by atoms with van der Waals surface area (Å²) in [5.74, 6) is 0.163. The number of H-pyrrole nitrogens is 1. The molecule has 1 aliphatic heterocycles. The second-order valence-corrected chi connectivity index (χ2v) is 8.97. The lowest BCUT2D eigenvalue weighted by molar-refractivity contribution is -0.0460. The van der Waals surface area contributed by atoms with E-state index in [4.69, 9.17) is 35.2 Å². The maximum Gasteiger partial charge on any atom is 0.530 e. The summed E-state index contributed by atoms with van der Waals surface area (Å²) in [5.41, 5.74) is -0.899. The van der Waals surface area contributed by atoms with Gasteiger partial charge in [0, 0.05) is 23.2 Å². The number of aliphatic hydroxyl groups excluding tert-OH is 1. The van der Waals surface area contributed by atoms with Gasteiger partial charge in [0.25, 0.3) is 5.56 Å². The first kappa shape index (κ1) is 24.2. The van der Waals surface area contributed by atoms with Gasteiger partial charge >= 0.3 is 13.5 Å². The van der Waals surface area contributed by atoms with Crippen molar-refractivity contribution in [1.29, 1.82) is 5.26 Å². The number of nitriles is 1. The van der Waals surface area contributed by atoms with Crippen molar-refractivity contribution < 1.29 is 28.0 Å². The number of benzene rings is 1. The summed E-state index contributed by atoms with van der Waals surface area (Å²) in [7, 11) is -4.18. The molecule has 4 atom stereocenters. The number of phosphoric ester groups is 1. The van der Waals surface area contributed by atoms with Gasteiger partial charge in [0.15, 0.2) is 0 Å². The average Bonchev–Trinajstić information content (AvgIpc) is 3.11. The molecule has 0 spiro atoms. The van der Waals surface area contributed by atoms with Crippen LogP contribution in [0, 0.1) is 18.3 Å². The van der Waals surface area contributed by atoms with Crippen molar-refractivity contribution in [2.24, 2.45) is 0 Å². The predicted molar refractivity (Wildman–Crippen MR) is 112 cm³/mol. The Balaban J connectivity index is 1.69. The van der Waals surface area contributed by atoms with E-state index in [2.05, 4.69) is 4.98 Å².